The van der Waals surface area contributed by atoms with Crippen LogP contribution >= 0.6 is 11.6 Å². The summed E-state index contributed by atoms with van der Waals surface area (Å²) in [5, 5.41) is 10.5. The molecule has 0 radical (unpaired) electrons. The summed E-state index contributed by atoms with van der Waals surface area (Å²) in [6, 6.07) is 6.62. The summed E-state index contributed by atoms with van der Waals surface area (Å²) >= 11 is 6.25. The monoisotopic (exact) mass is 740 g/mol. The largest absolute Gasteiger partial charge is 0.453 e. The SMILES string of the molecule is CCN(CCOC(=O)NCCC(C)CC(C)(C)CNC(=O)Nc1nc(=O)cc(C)[nH]1)c1ccc(/N=C2\C=C(NC(=O)OC)C(=O)C(Cl)=C2C)c(C)c1. The van der Waals surface area contributed by atoms with Crippen LogP contribution in [0.3, 0.4) is 0 Å². The molecule has 3 rings (SSSR count). The van der Waals surface area contributed by atoms with Crippen LogP contribution in [0.2, 0.25) is 0 Å². The lowest BCUT2D eigenvalue weighted by Crippen LogP contribution is -2.38. The number of nitrogens with one attached hydrogen (secondary N) is 5. The van der Waals surface area contributed by atoms with Gasteiger partial charge in [-0.25, -0.2) is 19.4 Å². The molecule has 1 aromatic carbocycles. The van der Waals surface area contributed by atoms with E-state index in [1.165, 1.54) is 19.3 Å². The summed E-state index contributed by atoms with van der Waals surface area (Å²) in [4.78, 5) is 73.9. The first kappa shape index (κ1) is 41.2. The van der Waals surface area contributed by atoms with Gasteiger partial charge in [0.05, 0.1) is 35.8 Å². The number of urea groups is 1. The smallest absolute Gasteiger partial charge is 0.411 e. The molecule has 1 aromatic heterocycles. The first-order chi connectivity index (χ1) is 24.5. The molecule has 0 spiro atoms. The lowest BCUT2D eigenvalue weighted by molar-refractivity contribution is -0.112. The van der Waals surface area contributed by atoms with Crippen LogP contribution in [0.15, 0.2) is 56.4 Å². The second-order valence-electron chi connectivity index (χ2n) is 13.4. The number of amides is 4. The molecule has 15 nitrogen and oxygen atoms in total. The Morgan fingerprint density at radius 1 is 1.08 bits per heavy atom. The first-order valence-electron chi connectivity index (χ1n) is 17.0. The van der Waals surface area contributed by atoms with Gasteiger partial charge in [0, 0.05) is 37.1 Å². The molecule has 0 fully saturated rings. The minimum absolute atomic E-state index is 0.0276. The Kier molecular flexibility index (Phi) is 15.0. The molecule has 1 aliphatic carbocycles. The summed E-state index contributed by atoms with van der Waals surface area (Å²) in [6.45, 7) is 15.7. The van der Waals surface area contributed by atoms with Crippen molar-refractivity contribution in [3.05, 3.63) is 68.3 Å². The minimum Gasteiger partial charge on any atom is -0.453 e. The Morgan fingerprint density at radius 2 is 1.81 bits per heavy atom. The van der Waals surface area contributed by atoms with Crippen molar-refractivity contribution in [1.29, 1.82) is 0 Å². The highest BCUT2D eigenvalue weighted by molar-refractivity contribution is 6.49. The molecule has 0 aliphatic heterocycles. The summed E-state index contributed by atoms with van der Waals surface area (Å²) in [5.41, 5.74) is 3.28. The molecule has 16 heteroatoms. The van der Waals surface area contributed by atoms with Gasteiger partial charge in [-0.2, -0.15) is 4.98 Å². The van der Waals surface area contributed by atoms with Gasteiger partial charge in [-0.05, 0) is 87.3 Å². The van der Waals surface area contributed by atoms with E-state index in [1.54, 1.807) is 13.8 Å². The van der Waals surface area contributed by atoms with Gasteiger partial charge in [-0.15, -0.1) is 0 Å². The van der Waals surface area contributed by atoms with Crippen LogP contribution < -0.4 is 31.7 Å². The predicted octanol–water partition coefficient (Wildman–Crippen LogP) is 5.61. The van der Waals surface area contributed by atoms with Gasteiger partial charge in [0.25, 0.3) is 5.56 Å². The maximum absolute atomic E-state index is 12.5. The number of benzene rings is 1. The van der Waals surface area contributed by atoms with Crippen molar-refractivity contribution in [3.8, 4) is 0 Å². The number of nitrogens with zero attached hydrogens (tertiary/aromatic N) is 3. The molecule has 0 bridgehead atoms. The number of H-pyrrole nitrogens is 1. The van der Waals surface area contributed by atoms with Crippen molar-refractivity contribution >= 4 is 58.6 Å². The number of aryl methyl sites for hydroxylation is 2. The number of allylic oxidation sites excluding steroid dienone is 3. The molecule has 0 saturated carbocycles. The number of carbonyl (C=O) groups is 4. The van der Waals surface area contributed by atoms with E-state index in [0.29, 0.717) is 48.8 Å². The number of ether oxygens (including phenoxy) is 2. The number of methoxy groups -OCH3 is 1. The van der Waals surface area contributed by atoms with Crippen molar-refractivity contribution in [1.82, 2.24) is 25.9 Å². The standard InChI is InChI=1S/C36H49ClN8O7/c1-9-45(25-10-11-26(22(3)16-25)41-27-18-28(42-35(50)51-8)31(47)30(37)24(27)5)14-15-52-34(49)38-13-12-21(2)19-36(6,7)20-39-33(48)44-32-40-23(4)17-29(46)43-32/h10-11,16-18,21H,9,12-15,19-20H2,1-8H3,(H,38,49)(H,42,50)(H3,39,40,43,44,46,48)/b41-27+. The van der Waals surface area contributed by atoms with Gasteiger partial charge >= 0.3 is 18.2 Å². The van der Waals surface area contributed by atoms with Gasteiger partial charge < -0.3 is 30.0 Å². The van der Waals surface area contributed by atoms with E-state index in [1.807, 2.05) is 45.9 Å². The molecule has 5 N–H and O–H groups in total. The van der Waals surface area contributed by atoms with Crippen LogP contribution in [0.4, 0.5) is 31.7 Å². The Hall–Kier alpha value is -5.18. The van der Waals surface area contributed by atoms with Crippen molar-refractivity contribution in [2.75, 3.05) is 50.1 Å². The normalized spacial score (nSPS) is 14.4. The highest BCUT2D eigenvalue weighted by Gasteiger charge is 2.26. The zero-order chi connectivity index (χ0) is 38.6. The summed E-state index contributed by atoms with van der Waals surface area (Å²) in [6.07, 6.45) is 1.71. The number of rotatable bonds is 15. The number of anilines is 2. The van der Waals surface area contributed by atoms with Crippen molar-refractivity contribution in [3.63, 3.8) is 0 Å². The zero-order valence-electron chi connectivity index (χ0n) is 31.0. The highest BCUT2D eigenvalue weighted by atomic mass is 35.5. The molecule has 1 unspecified atom stereocenters. The molecule has 1 aliphatic rings. The lowest BCUT2D eigenvalue weighted by Gasteiger charge is -2.28. The van der Waals surface area contributed by atoms with Crippen LogP contribution in [0.1, 0.15) is 58.7 Å². The predicted molar refractivity (Wildman–Crippen MR) is 201 cm³/mol. The third-order valence-electron chi connectivity index (χ3n) is 8.27. The second-order valence-corrected chi connectivity index (χ2v) is 13.8. The van der Waals surface area contributed by atoms with E-state index < -0.39 is 29.6 Å². The summed E-state index contributed by atoms with van der Waals surface area (Å²) < 4.78 is 10.0. The van der Waals surface area contributed by atoms with Crippen molar-refractivity contribution in [2.24, 2.45) is 16.3 Å². The fourth-order valence-corrected chi connectivity index (χ4v) is 5.79. The molecule has 282 valence electrons. The molecular formula is C36H49ClN8O7. The van der Waals surface area contributed by atoms with E-state index in [9.17, 15) is 24.0 Å². The number of aromatic amines is 1. The molecule has 4 amide bonds. The molecule has 2 aromatic rings. The number of carbonyl (C=O) groups excluding carboxylic acids is 4. The Labute approximate surface area is 308 Å². The Bertz CT molecular complexity index is 1800. The zero-order valence-corrected chi connectivity index (χ0v) is 31.7. The number of hydrogen-bond acceptors (Lipinski definition) is 10. The van der Waals surface area contributed by atoms with Crippen LogP contribution in [0, 0.1) is 25.2 Å². The third-order valence-corrected chi connectivity index (χ3v) is 8.72. The quantitative estimate of drug-likeness (QED) is 0.144. The number of Topliss-reactive ketones (excluding diaryl/α,β-unsaturated/α-hetero) is 1. The average Bonchev–Trinajstić information content (AvgIpc) is 3.07. The molecule has 1 heterocycles. The maximum Gasteiger partial charge on any atom is 0.411 e. The van der Waals surface area contributed by atoms with E-state index in [0.717, 1.165) is 24.1 Å². The number of ketones is 1. The van der Waals surface area contributed by atoms with Crippen molar-refractivity contribution in [2.45, 2.75) is 61.3 Å². The van der Waals surface area contributed by atoms with Crippen LogP contribution in [0.5, 0.6) is 0 Å². The van der Waals surface area contributed by atoms with E-state index in [4.69, 9.17) is 21.3 Å². The van der Waals surface area contributed by atoms with Gasteiger partial charge in [-0.1, -0.05) is 32.4 Å². The molecule has 52 heavy (non-hydrogen) atoms. The minimum atomic E-state index is -0.789. The third kappa shape index (κ3) is 12.5. The van der Waals surface area contributed by atoms with Crippen molar-refractivity contribution < 1.29 is 28.7 Å². The summed E-state index contributed by atoms with van der Waals surface area (Å²) in [5.74, 6) is -0.175. The highest BCUT2D eigenvalue weighted by Crippen LogP contribution is 2.29. The molecule has 1 atom stereocenters. The van der Waals surface area contributed by atoms with Gasteiger partial charge in [0.15, 0.2) is 0 Å². The number of aliphatic imine (C=N–C) groups is 1. The van der Waals surface area contributed by atoms with Gasteiger partial charge in [-0.3, -0.25) is 20.2 Å². The molecule has 0 saturated heterocycles. The topological polar surface area (TPSA) is 196 Å². The van der Waals surface area contributed by atoms with Crippen LogP contribution in [-0.2, 0) is 14.3 Å². The number of aromatic nitrogens is 2. The lowest BCUT2D eigenvalue weighted by atomic mass is 9.82. The first-order valence-corrected chi connectivity index (χ1v) is 17.4. The fraction of sp³-hybridized carbons (Fsp3) is 0.472. The Balaban J connectivity index is 1.44. The van der Waals surface area contributed by atoms with E-state index in [2.05, 4.69) is 47.8 Å². The second kappa shape index (κ2) is 18.9. The number of halogens is 1. The van der Waals surface area contributed by atoms with Crippen LogP contribution in [-0.4, -0.2) is 79.6 Å². The van der Waals surface area contributed by atoms with E-state index in [-0.39, 0.29) is 34.6 Å². The molecular weight excluding hydrogens is 692 g/mol. The van der Waals surface area contributed by atoms with Gasteiger partial charge in [0.2, 0.25) is 11.7 Å². The average molecular weight is 741 g/mol. The van der Waals surface area contributed by atoms with E-state index >= 15 is 0 Å². The summed E-state index contributed by atoms with van der Waals surface area (Å²) in [7, 11) is 1.20. The van der Waals surface area contributed by atoms with Gasteiger partial charge in [0.1, 0.15) is 6.61 Å². The number of alkyl carbamates (subject to hydrolysis) is 2. The Morgan fingerprint density at radius 3 is 2.46 bits per heavy atom. The fourth-order valence-electron chi connectivity index (χ4n) is 5.59. The number of hydrogen-bond donors (Lipinski definition) is 5. The number of likely N-dealkylation sites (N-methyl/N-ethyl adjacent to an activating group) is 1. The maximum atomic E-state index is 12.5. The van der Waals surface area contributed by atoms with Crippen LogP contribution in [0.25, 0.3) is 0 Å².